The Hall–Kier alpha value is -2.52. The number of benzene rings is 1. The van der Waals surface area contributed by atoms with Crippen molar-refractivity contribution in [1.29, 1.82) is 0 Å². The van der Waals surface area contributed by atoms with Crippen molar-refractivity contribution in [3.8, 4) is 0 Å². The molecule has 1 heterocycles. The highest BCUT2D eigenvalue weighted by atomic mass is 35.5. The number of alkyl halides is 3. The third-order valence-corrected chi connectivity index (χ3v) is 3.63. The minimum Gasteiger partial charge on any atom is -0.280 e. The summed E-state index contributed by atoms with van der Waals surface area (Å²) in [5, 5.41) is 2.00. The average Bonchev–Trinajstić information content (AvgIpc) is 2.51. The van der Waals surface area contributed by atoms with E-state index in [1.807, 2.05) is 10.7 Å². The zero-order valence-corrected chi connectivity index (χ0v) is 14.6. The molecule has 138 valence electrons. The summed E-state index contributed by atoms with van der Waals surface area (Å²) < 4.78 is 38.3. The van der Waals surface area contributed by atoms with E-state index in [0.29, 0.717) is 6.07 Å². The number of carbonyl (C=O) groups is 2. The van der Waals surface area contributed by atoms with E-state index in [1.54, 1.807) is 0 Å². The molecular weight excluding hydrogens is 396 g/mol. The summed E-state index contributed by atoms with van der Waals surface area (Å²) in [7, 11) is 0. The maximum Gasteiger partial charge on any atom is 0.416 e. The SMILES string of the molecule is Cc1cc(C(F)(F)F)cc(NNC(=O)NC(=O)c2c(Cl)cccc2Cl)n1. The molecule has 26 heavy (non-hydrogen) atoms. The van der Waals surface area contributed by atoms with Crippen LogP contribution in [0.1, 0.15) is 21.6 Å². The predicted octanol–water partition coefficient (Wildman–Crippen LogP) is 4.18. The summed E-state index contributed by atoms with van der Waals surface area (Å²) in [5.41, 5.74) is 3.24. The molecule has 3 N–H and O–H groups in total. The lowest BCUT2D eigenvalue weighted by molar-refractivity contribution is -0.137. The first-order valence-electron chi connectivity index (χ1n) is 6.95. The summed E-state index contributed by atoms with van der Waals surface area (Å²) in [5.74, 6) is -1.14. The molecule has 0 spiro atoms. The van der Waals surface area contributed by atoms with Gasteiger partial charge in [0.2, 0.25) is 0 Å². The zero-order valence-electron chi connectivity index (χ0n) is 13.0. The largest absolute Gasteiger partial charge is 0.416 e. The summed E-state index contributed by atoms with van der Waals surface area (Å²) in [6.07, 6.45) is -4.57. The van der Waals surface area contributed by atoms with Crippen molar-refractivity contribution in [3.05, 3.63) is 57.2 Å². The normalized spacial score (nSPS) is 11.0. The fourth-order valence-electron chi connectivity index (χ4n) is 1.93. The van der Waals surface area contributed by atoms with Crippen LogP contribution in [-0.4, -0.2) is 16.9 Å². The molecule has 0 saturated heterocycles. The van der Waals surface area contributed by atoms with E-state index >= 15 is 0 Å². The van der Waals surface area contributed by atoms with Crippen LogP contribution in [0, 0.1) is 6.92 Å². The molecule has 2 aromatic rings. The van der Waals surface area contributed by atoms with Gasteiger partial charge in [-0.2, -0.15) is 13.2 Å². The van der Waals surface area contributed by atoms with Crippen LogP contribution >= 0.6 is 23.2 Å². The minimum absolute atomic E-state index is 0.0333. The van der Waals surface area contributed by atoms with Gasteiger partial charge in [0.05, 0.1) is 21.2 Å². The van der Waals surface area contributed by atoms with Crippen molar-refractivity contribution in [1.82, 2.24) is 15.7 Å². The average molecular weight is 407 g/mol. The Morgan fingerprint density at radius 1 is 1.12 bits per heavy atom. The van der Waals surface area contributed by atoms with Crippen LogP contribution in [0.15, 0.2) is 30.3 Å². The second-order valence-electron chi connectivity index (χ2n) is 5.01. The maximum absolute atomic E-state index is 12.8. The second-order valence-corrected chi connectivity index (χ2v) is 5.82. The topological polar surface area (TPSA) is 83.1 Å². The molecule has 0 unspecified atom stereocenters. The lowest BCUT2D eigenvalue weighted by atomic mass is 10.2. The molecule has 0 bridgehead atoms. The first-order valence-corrected chi connectivity index (χ1v) is 7.71. The molecule has 11 heteroatoms. The van der Waals surface area contributed by atoms with E-state index in [2.05, 4.69) is 10.4 Å². The Bertz CT molecular complexity index is 839. The zero-order chi connectivity index (χ0) is 19.5. The molecule has 0 atom stereocenters. The number of urea groups is 1. The van der Waals surface area contributed by atoms with Gasteiger partial charge in [0, 0.05) is 5.69 Å². The number of amides is 3. The van der Waals surface area contributed by atoms with Crippen molar-refractivity contribution < 1.29 is 22.8 Å². The van der Waals surface area contributed by atoms with Gasteiger partial charge in [-0.25, -0.2) is 15.2 Å². The quantitative estimate of drug-likeness (QED) is 0.667. The molecule has 0 fully saturated rings. The van der Waals surface area contributed by atoms with Crippen molar-refractivity contribution >= 4 is 41.0 Å². The highest BCUT2D eigenvalue weighted by Crippen LogP contribution is 2.30. The number of carbonyl (C=O) groups excluding carboxylic acids is 2. The monoisotopic (exact) mass is 406 g/mol. The van der Waals surface area contributed by atoms with Crippen LogP contribution in [0.2, 0.25) is 10.0 Å². The van der Waals surface area contributed by atoms with E-state index in [4.69, 9.17) is 23.2 Å². The first-order chi connectivity index (χ1) is 12.1. The predicted molar refractivity (Wildman–Crippen MR) is 90.1 cm³/mol. The third kappa shape index (κ3) is 4.99. The number of nitrogens with one attached hydrogen (secondary N) is 3. The molecule has 1 aromatic carbocycles. The Kier molecular flexibility index (Phi) is 5.94. The van der Waals surface area contributed by atoms with Crippen molar-refractivity contribution in [2.45, 2.75) is 13.1 Å². The van der Waals surface area contributed by atoms with Gasteiger partial charge in [-0.3, -0.25) is 15.5 Å². The number of pyridine rings is 1. The van der Waals surface area contributed by atoms with Crippen molar-refractivity contribution in [2.75, 3.05) is 5.43 Å². The highest BCUT2D eigenvalue weighted by molar-refractivity contribution is 6.40. The number of hydrazine groups is 1. The molecule has 0 saturated carbocycles. The van der Waals surface area contributed by atoms with Crippen LogP contribution in [0.5, 0.6) is 0 Å². The Morgan fingerprint density at radius 3 is 2.31 bits per heavy atom. The standard InChI is InChI=1S/C15H11Cl2F3N4O2/c1-7-5-8(15(18,19)20)6-11(21-7)23-24-14(26)22-13(25)12-9(16)3-2-4-10(12)17/h2-6H,1H3,(H,21,23)(H2,22,24,25,26). The molecule has 0 aliphatic heterocycles. The van der Waals surface area contributed by atoms with E-state index in [0.717, 1.165) is 6.07 Å². The molecule has 3 amide bonds. The Balaban J connectivity index is 2.03. The minimum atomic E-state index is -4.57. The summed E-state index contributed by atoms with van der Waals surface area (Å²) >= 11 is 11.7. The summed E-state index contributed by atoms with van der Waals surface area (Å²) in [6, 6.07) is 4.86. The molecule has 0 aliphatic carbocycles. The number of hydrogen-bond donors (Lipinski definition) is 3. The van der Waals surface area contributed by atoms with Crippen molar-refractivity contribution in [3.63, 3.8) is 0 Å². The van der Waals surface area contributed by atoms with Gasteiger partial charge in [-0.1, -0.05) is 29.3 Å². The van der Waals surface area contributed by atoms with E-state index in [9.17, 15) is 22.8 Å². The summed E-state index contributed by atoms with van der Waals surface area (Å²) in [4.78, 5) is 27.6. The maximum atomic E-state index is 12.8. The fraction of sp³-hybridized carbons (Fsp3) is 0.133. The van der Waals surface area contributed by atoms with Gasteiger partial charge in [0.1, 0.15) is 5.82 Å². The Labute approximate surface area is 155 Å². The van der Waals surface area contributed by atoms with E-state index in [-0.39, 0.29) is 27.1 Å². The molecular formula is C15H11Cl2F3N4O2. The molecule has 2 rings (SSSR count). The fourth-order valence-corrected chi connectivity index (χ4v) is 2.50. The number of rotatable bonds is 3. The van der Waals surface area contributed by atoms with Crippen LogP contribution in [0.25, 0.3) is 0 Å². The number of hydrogen-bond acceptors (Lipinski definition) is 4. The number of anilines is 1. The van der Waals surface area contributed by atoms with Gasteiger partial charge in [-0.15, -0.1) is 0 Å². The molecule has 6 nitrogen and oxygen atoms in total. The highest BCUT2D eigenvalue weighted by Gasteiger charge is 2.31. The second kappa shape index (κ2) is 7.79. The summed E-state index contributed by atoms with van der Waals surface area (Å²) in [6.45, 7) is 1.36. The lowest BCUT2D eigenvalue weighted by Gasteiger charge is -2.13. The van der Waals surface area contributed by atoms with Crippen LogP contribution in [0.4, 0.5) is 23.8 Å². The smallest absolute Gasteiger partial charge is 0.280 e. The third-order valence-electron chi connectivity index (χ3n) is 3.00. The number of imide groups is 1. The van der Waals surface area contributed by atoms with Gasteiger partial charge in [0.15, 0.2) is 0 Å². The Morgan fingerprint density at radius 2 is 1.73 bits per heavy atom. The van der Waals surface area contributed by atoms with Gasteiger partial charge < -0.3 is 0 Å². The van der Waals surface area contributed by atoms with Gasteiger partial charge >= 0.3 is 12.2 Å². The number of aromatic nitrogens is 1. The van der Waals surface area contributed by atoms with E-state index < -0.39 is 23.7 Å². The number of nitrogens with zero attached hydrogens (tertiary/aromatic N) is 1. The van der Waals surface area contributed by atoms with Gasteiger partial charge in [0.25, 0.3) is 5.91 Å². The lowest BCUT2D eigenvalue weighted by Crippen LogP contribution is -2.42. The first kappa shape index (κ1) is 19.8. The van der Waals surface area contributed by atoms with E-state index in [1.165, 1.54) is 25.1 Å². The van der Waals surface area contributed by atoms with Crippen LogP contribution in [0.3, 0.4) is 0 Å². The molecule has 0 radical (unpaired) electrons. The van der Waals surface area contributed by atoms with Crippen LogP contribution < -0.4 is 16.2 Å². The van der Waals surface area contributed by atoms with Crippen LogP contribution in [-0.2, 0) is 6.18 Å². The van der Waals surface area contributed by atoms with Crippen molar-refractivity contribution in [2.24, 2.45) is 0 Å². The number of aryl methyl sites for hydroxylation is 1. The van der Waals surface area contributed by atoms with Gasteiger partial charge in [-0.05, 0) is 31.2 Å². The number of halogens is 5. The molecule has 1 aromatic heterocycles. The molecule has 0 aliphatic rings.